The van der Waals surface area contributed by atoms with Gasteiger partial charge in [-0.1, -0.05) is 29.5 Å². The van der Waals surface area contributed by atoms with Gasteiger partial charge in [0, 0.05) is 38.3 Å². The predicted octanol–water partition coefficient (Wildman–Crippen LogP) is 3.51. The third kappa shape index (κ3) is 5.65. The van der Waals surface area contributed by atoms with Crippen molar-refractivity contribution in [3.05, 3.63) is 58.1 Å². The van der Waals surface area contributed by atoms with E-state index in [1.165, 1.54) is 23.5 Å². The minimum atomic E-state index is -0.447. The number of hydrogen-bond acceptors (Lipinski definition) is 8. The number of nitro benzene ring substituents is 1. The summed E-state index contributed by atoms with van der Waals surface area (Å²) >= 11 is 1.46. The second kappa shape index (κ2) is 10.7. The Kier molecular flexibility index (Phi) is 7.48. The van der Waals surface area contributed by atoms with Gasteiger partial charge in [-0.25, -0.2) is 4.98 Å². The molecule has 1 aliphatic rings. The second-order valence-corrected chi connectivity index (χ2v) is 8.64. The molecule has 4 rings (SSSR count). The minimum absolute atomic E-state index is 0.00463. The van der Waals surface area contributed by atoms with Gasteiger partial charge >= 0.3 is 0 Å². The molecule has 9 nitrogen and oxygen atoms in total. The van der Waals surface area contributed by atoms with Gasteiger partial charge in [-0.2, -0.15) is 0 Å². The van der Waals surface area contributed by atoms with E-state index in [0.29, 0.717) is 43.8 Å². The Morgan fingerprint density at radius 2 is 2.00 bits per heavy atom. The first-order valence-electron chi connectivity index (χ1n) is 10.9. The van der Waals surface area contributed by atoms with E-state index in [1.54, 1.807) is 17.0 Å². The average molecular weight is 471 g/mol. The normalized spacial score (nSPS) is 14.3. The summed E-state index contributed by atoms with van der Waals surface area (Å²) in [6, 6.07) is 11.9. The number of morpholine rings is 1. The van der Waals surface area contributed by atoms with Gasteiger partial charge < -0.3 is 9.47 Å². The highest BCUT2D eigenvalue weighted by molar-refractivity contribution is 7.22. The average Bonchev–Trinajstić information content (AvgIpc) is 3.25. The molecule has 0 unspecified atom stereocenters. The summed E-state index contributed by atoms with van der Waals surface area (Å²) in [6.07, 6.45) is 0.134. The maximum absolute atomic E-state index is 13.4. The van der Waals surface area contributed by atoms with Gasteiger partial charge in [-0.15, -0.1) is 0 Å². The number of non-ortho nitro benzene ring substituents is 1. The number of thiazole rings is 1. The summed E-state index contributed by atoms with van der Waals surface area (Å²) in [5.41, 5.74) is 1.47. The lowest BCUT2D eigenvalue weighted by Gasteiger charge is -2.29. The molecule has 1 aromatic heterocycles. The van der Waals surface area contributed by atoms with Gasteiger partial charge in [0.2, 0.25) is 5.91 Å². The van der Waals surface area contributed by atoms with Crippen LogP contribution in [0.2, 0.25) is 0 Å². The van der Waals surface area contributed by atoms with Crippen LogP contribution in [-0.4, -0.2) is 66.7 Å². The molecule has 1 aliphatic heterocycles. The molecule has 0 spiro atoms. The Hall–Kier alpha value is -3.08. The Balaban J connectivity index is 1.58. The fraction of sp³-hybridized carbons (Fsp3) is 0.391. The number of ether oxygens (including phenoxy) is 2. The maximum Gasteiger partial charge on any atom is 0.269 e. The lowest BCUT2D eigenvalue weighted by molar-refractivity contribution is -0.384. The number of hydrogen-bond donors (Lipinski definition) is 0. The molecule has 0 N–H and O–H groups in total. The van der Waals surface area contributed by atoms with E-state index < -0.39 is 4.92 Å². The van der Waals surface area contributed by atoms with E-state index in [0.717, 1.165) is 28.9 Å². The highest BCUT2D eigenvalue weighted by Crippen LogP contribution is 2.34. The summed E-state index contributed by atoms with van der Waals surface area (Å²) in [5, 5.41) is 11.5. The maximum atomic E-state index is 13.4. The van der Waals surface area contributed by atoms with Crippen LogP contribution in [0.3, 0.4) is 0 Å². The number of fused-ring (bicyclic) bond motifs is 1. The Bertz CT molecular complexity index is 1110. The number of nitrogens with zero attached hydrogens (tertiary/aromatic N) is 4. The van der Waals surface area contributed by atoms with Gasteiger partial charge in [0.25, 0.3) is 5.69 Å². The first-order valence-corrected chi connectivity index (χ1v) is 11.7. The monoisotopic (exact) mass is 470 g/mol. The summed E-state index contributed by atoms with van der Waals surface area (Å²) in [5.74, 6) is 0.600. The Morgan fingerprint density at radius 3 is 2.70 bits per heavy atom. The number of para-hydroxylation sites is 1. The van der Waals surface area contributed by atoms with E-state index in [2.05, 4.69) is 4.90 Å². The van der Waals surface area contributed by atoms with E-state index in [-0.39, 0.29) is 18.0 Å². The van der Waals surface area contributed by atoms with Crippen LogP contribution in [0.5, 0.6) is 5.75 Å². The van der Waals surface area contributed by atoms with Crippen molar-refractivity contribution < 1.29 is 19.2 Å². The molecule has 10 heteroatoms. The first-order chi connectivity index (χ1) is 16.0. The molecular weight excluding hydrogens is 444 g/mol. The third-order valence-corrected chi connectivity index (χ3v) is 6.49. The van der Waals surface area contributed by atoms with Crippen molar-refractivity contribution in [3.8, 4) is 5.75 Å². The molecule has 174 valence electrons. The van der Waals surface area contributed by atoms with Gasteiger partial charge in [-0.05, 0) is 24.6 Å². The summed E-state index contributed by atoms with van der Waals surface area (Å²) < 4.78 is 12.1. The molecular formula is C23H26N4O5S. The van der Waals surface area contributed by atoms with Crippen LogP contribution in [0.15, 0.2) is 42.5 Å². The molecule has 1 amide bonds. The number of amides is 1. The van der Waals surface area contributed by atoms with E-state index in [1.807, 2.05) is 25.1 Å². The molecule has 0 saturated carbocycles. The van der Waals surface area contributed by atoms with Crippen molar-refractivity contribution in [2.45, 2.75) is 13.3 Å². The molecule has 0 bridgehead atoms. The van der Waals surface area contributed by atoms with Crippen molar-refractivity contribution in [3.63, 3.8) is 0 Å². The zero-order chi connectivity index (χ0) is 23.2. The molecule has 1 saturated heterocycles. The van der Waals surface area contributed by atoms with Crippen LogP contribution in [-0.2, 0) is 16.0 Å². The highest BCUT2D eigenvalue weighted by atomic mass is 32.1. The van der Waals surface area contributed by atoms with Gasteiger partial charge in [-0.3, -0.25) is 24.7 Å². The molecule has 2 heterocycles. The lowest BCUT2D eigenvalue weighted by Crippen LogP contribution is -2.43. The highest BCUT2D eigenvalue weighted by Gasteiger charge is 2.23. The SMILES string of the molecule is CCOc1cccc2sc(N(CCN3CCOCC3)C(=O)Cc3ccc([N+](=O)[O-])cc3)nc12. The first kappa shape index (κ1) is 23.1. The van der Waals surface area contributed by atoms with Crippen LogP contribution in [0.25, 0.3) is 10.2 Å². The number of benzene rings is 2. The third-order valence-electron chi connectivity index (χ3n) is 5.45. The minimum Gasteiger partial charge on any atom is -0.492 e. The number of aromatic nitrogens is 1. The summed E-state index contributed by atoms with van der Waals surface area (Å²) in [7, 11) is 0. The quantitative estimate of drug-likeness (QED) is 0.349. The predicted molar refractivity (Wildman–Crippen MR) is 127 cm³/mol. The van der Waals surface area contributed by atoms with Crippen molar-refractivity contribution in [2.75, 3.05) is 50.9 Å². The molecule has 1 fully saturated rings. The molecule has 2 aromatic carbocycles. The lowest BCUT2D eigenvalue weighted by atomic mass is 10.1. The zero-order valence-electron chi connectivity index (χ0n) is 18.4. The number of carbonyl (C=O) groups excluding carboxylic acids is 1. The van der Waals surface area contributed by atoms with Crippen LogP contribution in [0.4, 0.5) is 10.8 Å². The van der Waals surface area contributed by atoms with Crippen LogP contribution in [0.1, 0.15) is 12.5 Å². The van der Waals surface area contributed by atoms with Crippen molar-refractivity contribution in [1.29, 1.82) is 0 Å². The molecule has 0 atom stereocenters. The molecule has 0 aliphatic carbocycles. The smallest absolute Gasteiger partial charge is 0.269 e. The summed E-state index contributed by atoms with van der Waals surface area (Å²) in [4.78, 5) is 32.6. The summed E-state index contributed by atoms with van der Waals surface area (Å²) in [6.45, 7) is 6.71. The second-order valence-electron chi connectivity index (χ2n) is 7.63. The van der Waals surface area contributed by atoms with Gasteiger partial charge in [0.15, 0.2) is 5.13 Å². The fourth-order valence-corrected chi connectivity index (χ4v) is 4.72. The zero-order valence-corrected chi connectivity index (χ0v) is 19.3. The molecule has 0 radical (unpaired) electrons. The van der Waals surface area contributed by atoms with Gasteiger partial charge in [0.1, 0.15) is 11.3 Å². The Morgan fingerprint density at radius 1 is 1.24 bits per heavy atom. The van der Waals surface area contributed by atoms with Crippen LogP contribution >= 0.6 is 11.3 Å². The molecule has 33 heavy (non-hydrogen) atoms. The van der Waals surface area contributed by atoms with Gasteiger partial charge in [0.05, 0.1) is 35.9 Å². The topological polar surface area (TPSA) is 98.0 Å². The fourth-order valence-electron chi connectivity index (χ4n) is 3.70. The molecule has 3 aromatic rings. The van der Waals surface area contributed by atoms with E-state index in [9.17, 15) is 14.9 Å². The standard InChI is InChI=1S/C23H26N4O5S/c1-2-32-19-4-3-5-20-22(19)24-23(33-20)26(11-10-25-12-14-31-15-13-25)21(28)16-17-6-8-18(9-7-17)27(29)30/h3-9H,2,10-16H2,1H3. The number of carbonyl (C=O) groups is 1. The number of nitro groups is 1. The number of rotatable bonds is 9. The van der Waals surface area contributed by atoms with Crippen LogP contribution in [0, 0.1) is 10.1 Å². The number of anilines is 1. The van der Waals surface area contributed by atoms with Crippen molar-refractivity contribution >= 4 is 38.3 Å². The van der Waals surface area contributed by atoms with Crippen molar-refractivity contribution in [1.82, 2.24) is 9.88 Å². The largest absolute Gasteiger partial charge is 0.492 e. The van der Waals surface area contributed by atoms with Crippen LogP contribution < -0.4 is 9.64 Å². The Labute approximate surface area is 195 Å². The van der Waals surface area contributed by atoms with E-state index >= 15 is 0 Å². The van der Waals surface area contributed by atoms with Crippen molar-refractivity contribution in [2.24, 2.45) is 0 Å². The van der Waals surface area contributed by atoms with E-state index in [4.69, 9.17) is 14.5 Å².